The van der Waals surface area contributed by atoms with E-state index in [-0.39, 0.29) is 25.7 Å². The fourth-order valence-electron chi connectivity index (χ4n) is 11.6. The predicted molar refractivity (Wildman–Crippen MR) is 409 cm³/mol. The smallest absolute Gasteiger partial charge is 0.462 e. The van der Waals surface area contributed by atoms with E-state index in [2.05, 4.69) is 76.3 Å². The van der Waals surface area contributed by atoms with E-state index in [1.54, 1.807) is 0 Å². The Morgan fingerprint density at radius 2 is 0.520 bits per heavy atom. The number of carbonyl (C=O) groups is 4. The van der Waals surface area contributed by atoms with Gasteiger partial charge in [-0.1, -0.05) is 346 Å². The van der Waals surface area contributed by atoms with Crippen LogP contribution in [0, 0.1) is 0 Å². The van der Waals surface area contributed by atoms with Gasteiger partial charge in [-0.15, -0.1) is 0 Å². The third-order valence-electron chi connectivity index (χ3n) is 17.8. The molecule has 0 aromatic heterocycles. The molecule has 0 saturated heterocycles. The second kappa shape index (κ2) is 74.3. The van der Waals surface area contributed by atoms with E-state index < -0.39 is 97.5 Å². The van der Waals surface area contributed by atoms with Gasteiger partial charge in [0, 0.05) is 25.7 Å². The highest BCUT2D eigenvalue weighted by Gasteiger charge is 2.30. The zero-order valence-corrected chi connectivity index (χ0v) is 65.9. The molecular formula is C81H150O17P2. The van der Waals surface area contributed by atoms with Gasteiger partial charge in [0.05, 0.1) is 26.4 Å². The van der Waals surface area contributed by atoms with Crippen molar-refractivity contribution >= 4 is 39.5 Å². The molecule has 586 valence electrons. The summed E-state index contributed by atoms with van der Waals surface area (Å²) >= 11 is 0. The molecule has 0 radical (unpaired) electrons. The van der Waals surface area contributed by atoms with Crippen LogP contribution in [-0.4, -0.2) is 96.7 Å². The number of ether oxygens (including phenoxy) is 4. The minimum atomic E-state index is -4.97. The van der Waals surface area contributed by atoms with Crippen LogP contribution >= 0.6 is 15.6 Å². The van der Waals surface area contributed by atoms with E-state index >= 15 is 0 Å². The van der Waals surface area contributed by atoms with Gasteiger partial charge in [0.2, 0.25) is 0 Å². The number of carbonyl (C=O) groups excluding carboxylic acids is 4. The molecule has 0 aromatic carbocycles. The molecule has 0 aromatic rings. The number of hydrogen-bond donors (Lipinski definition) is 3. The number of allylic oxidation sites excluding steroid dienone is 8. The molecule has 5 unspecified atom stereocenters. The van der Waals surface area contributed by atoms with Crippen LogP contribution in [0.2, 0.25) is 0 Å². The molecule has 0 amide bonds. The number of phosphoric acid groups is 2. The van der Waals surface area contributed by atoms with Crippen molar-refractivity contribution in [2.24, 2.45) is 0 Å². The lowest BCUT2D eigenvalue weighted by Gasteiger charge is -2.21. The first kappa shape index (κ1) is 97.0. The van der Waals surface area contributed by atoms with Crippen molar-refractivity contribution < 1.29 is 80.2 Å². The normalized spacial score (nSPS) is 14.1. The molecule has 0 spiro atoms. The predicted octanol–water partition coefficient (Wildman–Crippen LogP) is 23.7. The molecule has 3 N–H and O–H groups in total. The van der Waals surface area contributed by atoms with Gasteiger partial charge < -0.3 is 33.8 Å². The van der Waals surface area contributed by atoms with Crippen molar-refractivity contribution in [1.29, 1.82) is 0 Å². The summed E-state index contributed by atoms with van der Waals surface area (Å²) in [4.78, 5) is 73.0. The van der Waals surface area contributed by atoms with Crippen LogP contribution in [-0.2, 0) is 65.4 Å². The fourth-order valence-corrected chi connectivity index (χ4v) is 13.2. The Morgan fingerprint density at radius 3 is 0.800 bits per heavy atom. The van der Waals surface area contributed by atoms with Crippen LogP contribution in [0.1, 0.15) is 387 Å². The first-order valence-corrected chi connectivity index (χ1v) is 43.9. The van der Waals surface area contributed by atoms with Crippen LogP contribution < -0.4 is 0 Å². The Balaban J connectivity index is 5.31. The molecule has 0 saturated carbocycles. The van der Waals surface area contributed by atoms with Gasteiger partial charge in [-0.05, 0) is 64.2 Å². The molecule has 0 aliphatic heterocycles. The number of hydrogen-bond acceptors (Lipinski definition) is 15. The van der Waals surface area contributed by atoms with E-state index in [0.717, 1.165) is 122 Å². The van der Waals surface area contributed by atoms with Crippen molar-refractivity contribution in [2.75, 3.05) is 39.6 Å². The lowest BCUT2D eigenvalue weighted by Crippen LogP contribution is -2.30. The summed E-state index contributed by atoms with van der Waals surface area (Å²) in [7, 11) is -9.94. The largest absolute Gasteiger partial charge is 0.472 e. The summed E-state index contributed by atoms with van der Waals surface area (Å²) in [5.74, 6) is -2.15. The van der Waals surface area contributed by atoms with Crippen LogP contribution in [0.5, 0.6) is 0 Å². The van der Waals surface area contributed by atoms with Gasteiger partial charge >= 0.3 is 39.5 Å². The Hall–Kier alpha value is -2.98. The number of phosphoric ester groups is 2. The standard InChI is InChI=1S/C81H150O17P2/c1-5-9-13-17-21-25-29-33-36-37-40-43-46-50-54-58-62-66-79(84)92-71-76(97-80(85)67-63-59-55-51-47-41-32-28-24-20-16-12-8-4)73-95-99(87,88)93-69-75(82)70-94-100(89,90)96-74-77(98-81(86)68-64-60-56-52-48-44-39-35-31-27-23-19-15-11-7-3)72-91-78(83)65-61-57-53-49-45-42-38-34-30-26-22-18-14-10-6-2/h9,13,21,25,33,36,40,43,75-77,82H,5-8,10-12,14-20,22-24,26-32,34-35,37-39,41-42,44-74H2,1-4H3,(H,87,88)(H,89,90)/b13-9-,25-21-,36-33-,43-40-. The second-order valence-corrected chi connectivity index (χ2v) is 30.6. The van der Waals surface area contributed by atoms with Gasteiger partial charge in [0.25, 0.3) is 0 Å². The lowest BCUT2D eigenvalue weighted by atomic mass is 10.0. The van der Waals surface area contributed by atoms with Gasteiger partial charge in [0.1, 0.15) is 19.3 Å². The van der Waals surface area contributed by atoms with Crippen LogP contribution in [0.3, 0.4) is 0 Å². The molecule has 0 fully saturated rings. The topological polar surface area (TPSA) is 237 Å². The maximum absolute atomic E-state index is 13.1. The molecular weight excluding hydrogens is 1310 g/mol. The third kappa shape index (κ3) is 73.3. The summed E-state index contributed by atoms with van der Waals surface area (Å²) < 4.78 is 68.7. The highest BCUT2D eigenvalue weighted by molar-refractivity contribution is 7.47. The summed E-state index contributed by atoms with van der Waals surface area (Å²) in [5.41, 5.74) is 0. The van der Waals surface area contributed by atoms with Gasteiger partial charge in [-0.25, -0.2) is 9.13 Å². The summed E-state index contributed by atoms with van der Waals surface area (Å²) in [6.45, 7) is 4.84. The van der Waals surface area contributed by atoms with Gasteiger partial charge in [-0.2, -0.15) is 0 Å². The summed E-state index contributed by atoms with van der Waals surface area (Å²) in [5, 5.41) is 10.6. The number of rotatable bonds is 78. The maximum atomic E-state index is 13.1. The van der Waals surface area contributed by atoms with Crippen molar-refractivity contribution in [1.82, 2.24) is 0 Å². The Kier molecular flexibility index (Phi) is 72.1. The minimum absolute atomic E-state index is 0.0967. The van der Waals surface area contributed by atoms with Crippen LogP contribution in [0.4, 0.5) is 0 Å². The first-order chi connectivity index (χ1) is 48.7. The number of unbranched alkanes of at least 4 members (excludes halogenated alkanes) is 44. The Morgan fingerprint density at radius 1 is 0.290 bits per heavy atom. The second-order valence-electron chi connectivity index (χ2n) is 27.7. The minimum Gasteiger partial charge on any atom is -0.462 e. The van der Waals surface area contributed by atoms with Crippen molar-refractivity contribution in [3.63, 3.8) is 0 Å². The number of aliphatic hydroxyl groups is 1. The highest BCUT2D eigenvalue weighted by Crippen LogP contribution is 2.45. The highest BCUT2D eigenvalue weighted by atomic mass is 31.2. The number of aliphatic hydroxyl groups excluding tert-OH is 1. The van der Waals surface area contributed by atoms with E-state index in [1.165, 1.54) is 186 Å². The van der Waals surface area contributed by atoms with Gasteiger partial charge in [0.15, 0.2) is 12.2 Å². The van der Waals surface area contributed by atoms with Crippen LogP contribution in [0.15, 0.2) is 48.6 Å². The summed E-state index contributed by atoms with van der Waals surface area (Å²) in [6, 6.07) is 0. The average molecular weight is 1460 g/mol. The average Bonchev–Trinajstić information content (AvgIpc) is 0.965. The van der Waals surface area contributed by atoms with Crippen molar-refractivity contribution in [3.05, 3.63) is 48.6 Å². The first-order valence-electron chi connectivity index (χ1n) is 40.9. The van der Waals surface area contributed by atoms with E-state index in [0.29, 0.717) is 25.7 Å². The molecule has 0 bridgehead atoms. The third-order valence-corrected chi connectivity index (χ3v) is 19.7. The molecule has 19 heteroatoms. The lowest BCUT2D eigenvalue weighted by molar-refractivity contribution is -0.161. The van der Waals surface area contributed by atoms with E-state index in [1.807, 2.05) is 0 Å². The van der Waals surface area contributed by atoms with Crippen LogP contribution in [0.25, 0.3) is 0 Å². The monoisotopic (exact) mass is 1460 g/mol. The molecule has 5 atom stereocenters. The Labute approximate surface area is 610 Å². The fraction of sp³-hybridized carbons (Fsp3) is 0.852. The van der Waals surface area contributed by atoms with Crippen molar-refractivity contribution in [3.8, 4) is 0 Å². The maximum Gasteiger partial charge on any atom is 0.472 e. The molecule has 0 rings (SSSR count). The summed E-state index contributed by atoms with van der Waals surface area (Å²) in [6.07, 6.45) is 72.2. The molecule has 0 aliphatic rings. The van der Waals surface area contributed by atoms with Crippen molar-refractivity contribution in [2.45, 2.75) is 406 Å². The van der Waals surface area contributed by atoms with E-state index in [9.17, 15) is 43.2 Å². The zero-order chi connectivity index (χ0) is 73.2. The van der Waals surface area contributed by atoms with E-state index in [4.69, 9.17) is 37.0 Å². The molecule has 0 aliphatic carbocycles. The van der Waals surface area contributed by atoms with Gasteiger partial charge in [-0.3, -0.25) is 37.3 Å². The number of esters is 4. The molecule has 0 heterocycles. The quantitative estimate of drug-likeness (QED) is 0.0169. The SMILES string of the molecule is CC/C=C\C/C=C\C/C=C\C/C=C\CCCCCCC(=O)OCC(COP(=O)(O)OCC(O)COP(=O)(O)OCC(COC(=O)CCCCCCCCCCCCCCCCC)OC(=O)CCCCCCCCCCCCCCCCC)OC(=O)CCCCCCCCCCCCCCC. The molecule has 100 heavy (non-hydrogen) atoms. The Bertz CT molecular complexity index is 2080. The molecule has 17 nitrogen and oxygen atoms in total. The zero-order valence-electron chi connectivity index (χ0n) is 64.1.